The Morgan fingerprint density at radius 2 is 2.55 bits per heavy atom. The van der Waals surface area contributed by atoms with Gasteiger partial charge in [0.15, 0.2) is 9.76 Å². The molecule has 0 saturated carbocycles. The van der Waals surface area contributed by atoms with E-state index in [1.165, 1.54) is 25.7 Å². The third-order valence-electron chi connectivity index (χ3n) is 2.37. The number of hydrogen-bond acceptors (Lipinski definition) is 1. The largest absolute Gasteiger partial charge is 0.438 e. The summed E-state index contributed by atoms with van der Waals surface area (Å²) in [4.78, 5) is 8.98. The van der Waals surface area contributed by atoms with Crippen LogP contribution in [0.1, 0.15) is 32.6 Å². The van der Waals surface area contributed by atoms with Crippen LogP contribution in [0.25, 0.3) is 0 Å². The van der Waals surface area contributed by atoms with Crippen LogP contribution in [0.5, 0.6) is 0 Å². The van der Waals surface area contributed by atoms with Crippen LogP contribution in [0.3, 0.4) is 0 Å². The molecule has 0 aromatic carbocycles. The van der Waals surface area contributed by atoms with Crippen molar-refractivity contribution < 1.29 is 4.80 Å². The van der Waals surface area contributed by atoms with E-state index in [1.54, 1.807) is 0 Å². The van der Waals surface area contributed by atoms with Crippen molar-refractivity contribution in [1.82, 2.24) is 0 Å². The molecule has 64 valence electrons. The van der Waals surface area contributed by atoms with E-state index in [4.69, 9.17) is 4.80 Å². The van der Waals surface area contributed by atoms with Crippen LogP contribution in [0, 0.1) is 5.92 Å². The molecule has 0 aliphatic heterocycles. The SMILES string of the molecule is CC(CC1C=CCCC1)[SiH2]O. The maximum atomic E-state index is 8.98. The molecule has 0 fully saturated rings. The van der Waals surface area contributed by atoms with Crippen LogP contribution in [-0.2, 0) is 0 Å². The second-order valence-corrected chi connectivity index (χ2v) is 5.40. The number of allylic oxidation sites excluding steroid dienone is 2. The summed E-state index contributed by atoms with van der Waals surface area (Å²) in [7, 11) is -0.741. The van der Waals surface area contributed by atoms with Crippen LogP contribution >= 0.6 is 0 Å². The highest BCUT2D eigenvalue weighted by Gasteiger charge is 2.11. The maximum Gasteiger partial charge on any atom is 0.159 e. The van der Waals surface area contributed by atoms with E-state index < -0.39 is 9.76 Å². The number of rotatable bonds is 3. The molecule has 1 aliphatic carbocycles. The van der Waals surface area contributed by atoms with E-state index in [9.17, 15) is 0 Å². The molecule has 0 saturated heterocycles. The molecule has 2 unspecified atom stereocenters. The first-order chi connectivity index (χ1) is 5.33. The molecule has 2 heteroatoms. The first-order valence-corrected chi connectivity index (χ1v) is 6.05. The maximum absolute atomic E-state index is 8.98. The lowest BCUT2D eigenvalue weighted by Crippen LogP contribution is -2.07. The Bertz CT molecular complexity index is 134. The molecule has 11 heavy (non-hydrogen) atoms. The van der Waals surface area contributed by atoms with Gasteiger partial charge < -0.3 is 4.80 Å². The van der Waals surface area contributed by atoms with Crippen molar-refractivity contribution in [2.24, 2.45) is 5.92 Å². The summed E-state index contributed by atoms with van der Waals surface area (Å²) < 4.78 is 0. The van der Waals surface area contributed by atoms with Crippen molar-refractivity contribution in [2.75, 3.05) is 0 Å². The van der Waals surface area contributed by atoms with Crippen LogP contribution in [0.4, 0.5) is 0 Å². The van der Waals surface area contributed by atoms with Gasteiger partial charge in [0.1, 0.15) is 0 Å². The Labute approximate surface area is 71.5 Å². The highest BCUT2D eigenvalue weighted by molar-refractivity contribution is 6.27. The van der Waals surface area contributed by atoms with Gasteiger partial charge in [-0.1, -0.05) is 19.1 Å². The molecule has 0 heterocycles. The van der Waals surface area contributed by atoms with Crippen LogP contribution < -0.4 is 0 Å². The summed E-state index contributed by atoms with van der Waals surface area (Å²) in [6.07, 6.45) is 9.81. The fraction of sp³-hybridized carbons (Fsp3) is 0.778. The minimum absolute atomic E-state index is 0.614. The highest BCUT2D eigenvalue weighted by Crippen LogP contribution is 2.25. The second kappa shape index (κ2) is 4.73. The van der Waals surface area contributed by atoms with Crippen LogP contribution in [0.15, 0.2) is 12.2 Å². The van der Waals surface area contributed by atoms with E-state index >= 15 is 0 Å². The Morgan fingerprint density at radius 1 is 1.73 bits per heavy atom. The molecule has 1 aliphatic rings. The van der Waals surface area contributed by atoms with Gasteiger partial charge in [0, 0.05) is 0 Å². The van der Waals surface area contributed by atoms with Crippen molar-refractivity contribution in [3.05, 3.63) is 12.2 Å². The minimum Gasteiger partial charge on any atom is -0.438 e. The predicted molar refractivity (Wildman–Crippen MR) is 51.3 cm³/mol. The van der Waals surface area contributed by atoms with E-state index in [0.29, 0.717) is 5.54 Å². The lowest BCUT2D eigenvalue weighted by Gasteiger charge is -2.18. The second-order valence-electron chi connectivity index (χ2n) is 3.64. The standard InChI is InChI=1S/C9H18OSi/c1-8(11-10)7-9-5-3-2-4-6-9/h3,5,8-10H,2,4,6-7,11H2,1H3. The lowest BCUT2D eigenvalue weighted by atomic mass is 9.92. The van der Waals surface area contributed by atoms with Gasteiger partial charge >= 0.3 is 0 Å². The Morgan fingerprint density at radius 3 is 3.09 bits per heavy atom. The van der Waals surface area contributed by atoms with Gasteiger partial charge in [-0.3, -0.25) is 0 Å². The zero-order valence-corrected chi connectivity index (χ0v) is 8.71. The zero-order chi connectivity index (χ0) is 8.10. The van der Waals surface area contributed by atoms with E-state index in [1.807, 2.05) is 0 Å². The Kier molecular flexibility index (Phi) is 3.87. The molecule has 1 N–H and O–H groups in total. The first kappa shape index (κ1) is 9.01. The summed E-state index contributed by atoms with van der Waals surface area (Å²) >= 11 is 0. The van der Waals surface area contributed by atoms with Crippen molar-refractivity contribution in [3.63, 3.8) is 0 Å². The summed E-state index contributed by atoms with van der Waals surface area (Å²) in [5.74, 6) is 0.776. The van der Waals surface area contributed by atoms with Crippen molar-refractivity contribution in [2.45, 2.75) is 38.1 Å². The molecular formula is C9H18OSi. The average molecular weight is 170 g/mol. The Balaban J connectivity index is 2.24. The molecule has 0 amide bonds. The molecule has 0 radical (unpaired) electrons. The van der Waals surface area contributed by atoms with Gasteiger partial charge in [-0.2, -0.15) is 0 Å². The van der Waals surface area contributed by atoms with Gasteiger partial charge in [0.05, 0.1) is 0 Å². The molecule has 1 nitrogen and oxygen atoms in total. The average Bonchev–Trinajstić information content (AvgIpc) is 2.06. The smallest absolute Gasteiger partial charge is 0.159 e. The molecule has 0 spiro atoms. The van der Waals surface area contributed by atoms with Crippen LogP contribution in [0.2, 0.25) is 5.54 Å². The zero-order valence-electron chi connectivity index (χ0n) is 7.29. The molecule has 2 atom stereocenters. The number of hydrogen-bond donors (Lipinski definition) is 1. The quantitative estimate of drug-likeness (QED) is 0.504. The summed E-state index contributed by atoms with van der Waals surface area (Å²) in [6, 6.07) is 0. The van der Waals surface area contributed by atoms with Crippen molar-refractivity contribution in [1.29, 1.82) is 0 Å². The summed E-state index contributed by atoms with van der Waals surface area (Å²) in [5, 5.41) is 0. The van der Waals surface area contributed by atoms with Crippen molar-refractivity contribution >= 4 is 9.76 Å². The third kappa shape index (κ3) is 3.21. The molecule has 0 aromatic heterocycles. The Hall–Kier alpha value is -0.0831. The van der Waals surface area contributed by atoms with E-state index in [2.05, 4.69) is 19.1 Å². The molecular weight excluding hydrogens is 152 g/mol. The normalized spacial score (nSPS) is 28.0. The molecule has 0 aromatic rings. The summed E-state index contributed by atoms with van der Waals surface area (Å²) in [5.41, 5.74) is 0.614. The third-order valence-corrected chi connectivity index (χ3v) is 3.33. The van der Waals surface area contributed by atoms with Gasteiger partial charge in [-0.25, -0.2) is 0 Å². The van der Waals surface area contributed by atoms with Gasteiger partial charge in [-0.05, 0) is 37.1 Å². The minimum atomic E-state index is -0.741. The van der Waals surface area contributed by atoms with Crippen molar-refractivity contribution in [3.8, 4) is 0 Å². The topological polar surface area (TPSA) is 20.2 Å². The monoisotopic (exact) mass is 170 g/mol. The molecule has 0 bridgehead atoms. The fourth-order valence-corrected chi connectivity index (χ4v) is 2.25. The fourth-order valence-electron chi connectivity index (χ4n) is 1.67. The lowest BCUT2D eigenvalue weighted by molar-refractivity contribution is 0.479. The first-order valence-electron chi connectivity index (χ1n) is 4.60. The predicted octanol–water partition coefficient (Wildman–Crippen LogP) is 1.62. The van der Waals surface area contributed by atoms with Gasteiger partial charge in [-0.15, -0.1) is 0 Å². The van der Waals surface area contributed by atoms with Gasteiger partial charge in [0.25, 0.3) is 0 Å². The molecule has 1 rings (SSSR count). The van der Waals surface area contributed by atoms with E-state index in [0.717, 1.165) is 5.92 Å². The van der Waals surface area contributed by atoms with Gasteiger partial charge in [0.2, 0.25) is 0 Å². The summed E-state index contributed by atoms with van der Waals surface area (Å²) in [6.45, 7) is 2.18. The van der Waals surface area contributed by atoms with Crippen LogP contribution in [-0.4, -0.2) is 14.6 Å². The van der Waals surface area contributed by atoms with E-state index in [-0.39, 0.29) is 0 Å². The highest BCUT2D eigenvalue weighted by atomic mass is 28.2.